The summed E-state index contributed by atoms with van der Waals surface area (Å²) in [6.07, 6.45) is 7.62. The Kier molecular flexibility index (Phi) is 4.94. The predicted molar refractivity (Wildman–Crippen MR) is 105 cm³/mol. The minimum atomic E-state index is -0.421. The fourth-order valence-corrected chi connectivity index (χ4v) is 3.90. The van der Waals surface area contributed by atoms with Crippen LogP contribution in [-0.4, -0.2) is 20.7 Å². The molecule has 3 aromatic rings. The van der Waals surface area contributed by atoms with Crippen LogP contribution in [0.3, 0.4) is 0 Å². The summed E-state index contributed by atoms with van der Waals surface area (Å²) in [7, 11) is 0. The van der Waals surface area contributed by atoms with Gasteiger partial charge in [0.2, 0.25) is 5.91 Å². The molecule has 1 aliphatic carbocycles. The third-order valence-corrected chi connectivity index (χ3v) is 5.59. The number of carbonyl (C=O) groups excluding carboxylic acids is 1. The van der Waals surface area contributed by atoms with E-state index in [2.05, 4.69) is 40.7 Å². The molecule has 1 aliphatic rings. The van der Waals surface area contributed by atoms with Crippen molar-refractivity contribution in [3.05, 3.63) is 78.0 Å². The van der Waals surface area contributed by atoms with Crippen molar-refractivity contribution in [2.24, 2.45) is 5.92 Å². The summed E-state index contributed by atoms with van der Waals surface area (Å²) in [6, 6.07) is 13.0. The van der Waals surface area contributed by atoms with Gasteiger partial charge in [0, 0.05) is 24.1 Å². The molecule has 1 N–H and O–H groups in total. The highest BCUT2D eigenvalue weighted by atomic mass is 19.1. The number of hydrogen-bond donors (Lipinski definition) is 1. The van der Waals surface area contributed by atoms with Crippen LogP contribution in [0.1, 0.15) is 30.9 Å². The van der Waals surface area contributed by atoms with E-state index in [9.17, 15) is 9.18 Å². The van der Waals surface area contributed by atoms with Gasteiger partial charge in [-0.05, 0) is 49.4 Å². The Bertz CT molecular complexity index is 954. The molecule has 4 rings (SSSR count). The van der Waals surface area contributed by atoms with E-state index in [4.69, 9.17) is 0 Å². The van der Waals surface area contributed by atoms with Crippen LogP contribution in [0.4, 0.5) is 10.2 Å². The second kappa shape index (κ2) is 7.54. The fraction of sp³-hybridized carbons (Fsp3) is 0.318. The quantitative estimate of drug-likeness (QED) is 0.677. The third kappa shape index (κ3) is 3.67. The highest BCUT2D eigenvalue weighted by molar-refractivity contribution is 5.95. The summed E-state index contributed by atoms with van der Waals surface area (Å²) in [4.78, 5) is 16.8. The zero-order chi connectivity index (χ0) is 19.6. The van der Waals surface area contributed by atoms with E-state index in [1.807, 2.05) is 29.1 Å². The molecule has 0 aliphatic heterocycles. The number of benzene rings is 1. The van der Waals surface area contributed by atoms with Gasteiger partial charge in [0.1, 0.15) is 11.6 Å². The first-order valence-electron chi connectivity index (χ1n) is 9.60. The average molecular weight is 378 g/mol. The zero-order valence-electron chi connectivity index (χ0n) is 15.8. The van der Waals surface area contributed by atoms with Gasteiger partial charge in [-0.15, -0.1) is 0 Å². The molecular weight excluding hydrogens is 355 g/mol. The highest BCUT2D eigenvalue weighted by Gasteiger charge is 2.58. The van der Waals surface area contributed by atoms with Crippen molar-refractivity contribution in [3.8, 4) is 0 Å². The lowest BCUT2D eigenvalue weighted by Crippen LogP contribution is -2.22. The minimum absolute atomic E-state index is 0.0628. The zero-order valence-corrected chi connectivity index (χ0v) is 15.8. The number of aromatic nitrogens is 3. The van der Waals surface area contributed by atoms with Crippen LogP contribution in [0.25, 0.3) is 0 Å². The molecule has 28 heavy (non-hydrogen) atoms. The summed E-state index contributed by atoms with van der Waals surface area (Å²) in [5, 5.41) is 7.18. The number of nitrogens with zero attached hydrogens (tertiary/aromatic N) is 3. The van der Waals surface area contributed by atoms with Crippen molar-refractivity contribution >= 4 is 11.7 Å². The van der Waals surface area contributed by atoms with Crippen LogP contribution < -0.4 is 5.32 Å². The Morgan fingerprint density at radius 1 is 1.25 bits per heavy atom. The van der Waals surface area contributed by atoms with Crippen LogP contribution in [0.5, 0.6) is 0 Å². The molecule has 6 heteroatoms. The molecule has 0 bridgehead atoms. The van der Waals surface area contributed by atoms with Gasteiger partial charge in [-0.25, -0.2) is 9.37 Å². The van der Waals surface area contributed by atoms with Crippen LogP contribution in [-0.2, 0) is 23.2 Å². The summed E-state index contributed by atoms with van der Waals surface area (Å²) >= 11 is 0. The van der Waals surface area contributed by atoms with E-state index in [0.717, 1.165) is 32.0 Å². The number of halogens is 1. The van der Waals surface area contributed by atoms with E-state index in [0.29, 0.717) is 5.82 Å². The Hall–Kier alpha value is -3.02. The highest BCUT2D eigenvalue weighted by Crippen LogP contribution is 2.57. The second-order valence-corrected chi connectivity index (χ2v) is 7.33. The van der Waals surface area contributed by atoms with E-state index >= 15 is 0 Å². The fourth-order valence-electron chi connectivity index (χ4n) is 3.90. The molecule has 2 atom stereocenters. The summed E-state index contributed by atoms with van der Waals surface area (Å²) in [5.74, 6) is -0.227. The normalized spacial score (nSPS) is 20.7. The maximum atomic E-state index is 13.0. The standard InChI is InChI=1S/C22H23FN4O/c1-2-27-15-16(13-25-27)10-11-22(17-6-4-3-5-7-17)12-19(22)21(28)26-20-9-8-18(23)14-24-20/h3-9,13-15,19H,2,10-12H2,1H3,(H,24,26,28). The van der Waals surface area contributed by atoms with Crippen molar-refractivity contribution in [3.63, 3.8) is 0 Å². The first-order chi connectivity index (χ1) is 13.6. The van der Waals surface area contributed by atoms with Gasteiger partial charge in [0.15, 0.2) is 0 Å². The van der Waals surface area contributed by atoms with Crippen LogP contribution in [0, 0.1) is 11.7 Å². The molecule has 0 radical (unpaired) electrons. The van der Waals surface area contributed by atoms with Gasteiger partial charge < -0.3 is 5.32 Å². The van der Waals surface area contributed by atoms with E-state index < -0.39 is 5.82 Å². The van der Waals surface area contributed by atoms with Gasteiger partial charge in [0.25, 0.3) is 0 Å². The molecule has 2 heterocycles. The Labute approximate surface area is 163 Å². The number of hydrogen-bond acceptors (Lipinski definition) is 3. The van der Waals surface area contributed by atoms with E-state index in [1.54, 1.807) is 0 Å². The lowest BCUT2D eigenvalue weighted by molar-refractivity contribution is -0.117. The minimum Gasteiger partial charge on any atom is -0.310 e. The largest absolute Gasteiger partial charge is 0.310 e. The van der Waals surface area contributed by atoms with Crippen molar-refractivity contribution in [2.75, 3.05) is 5.32 Å². The number of anilines is 1. The van der Waals surface area contributed by atoms with Crippen molar-refractivity contribution < 1.29 is 9.18 Å². The lowest BCUT2D eigenvalue weighted by atomic mass is 9.87. The van der Waals surface area contributed by atoms with Crippen molar-refractivity contribution in [1.82, 2.24) is 14.8 Å². The third-order valence-electron chi connectivity index (χ3n) is 5.59. The number of pyridine rings is 1. The first-order valence-corrected chi connectivity index (χ1v) is 9.60. The summed E-state index contributed by atoms with van der Waals surface area (Å²) < 4.78 is 15.0. The smallest absolute Gasteiger partial charge is 0.229 e. The molecule has 0 saturated heterocycles. The van der Waals surface area contributed by atoms with Gasteiger partial charge in [0.05, 0.1) is 12.4 Å². The van der Waals surface area contributed by atoms with Gasteiger partial charge in [-0.1, -0.05) is 30.3 Å². The van der Waals surface area contributed by atoms with Gasteiger partial charge >= 0.3 is 0 Å². The van der Waals surface area contributed by atoms with Crippen molar-refractivity contribution in [1.29, 1.82) is 0 Å². The lowest BCUT2D eigenvalue weighted by Gasteiger charge is -2.18. The van der Waals surface area contributed by atoms with Crippen molar-refractivity contribution in [2.45, 2.75) is 38.1 Å². The molecule has 2 aromatic heterocycles. The van der Waals surface area contributed by atoms with E-state index in [-0.39, 0.29) is 17.2 Å². The number of rotatable bonds is 7. The van der Waals surface area contributed by atoms with Crippen LogP contribution in [0.2, 0.25) is 0 Å². The molecule has 1 amide bonds. The maximum Gasteiger partial charge on any atom is 0.229 e. The summed E-state index contributed by atoms with van der Waals surface area (Å²) in [5.41, 5.74) is 2.19. The molecule has 5 nitrogen and oxygen atoms in total. The number of amides is 1. The predicted octanol–water partition coefficient (Wildman–Crippen LogP) is 3.97. The molecule has 0 spiro atoms. The monoisotopic (exact) mass is 378 g/mol. The van der Waals surface area contributed by atoms with E-state index in [1.165, 1.54) is 23.3 Å². The molecule has 2 unspecified atom stereocenters. The number of carbonyl (C=O) groups is 1. The molecular formula is C22H23FN4O. The second-order valence-electron chi connectivity index (χ2n) is 7.33. The number of aryl methyl sites for hydroxylation is 2. The van der Waals surface area contributed by atoms with Gasteiger partial charge in [-0.2, -0.15) is 5.10 Å². The molecule has 1 fully saturated rings. The Morgan fingerprint density at radius 2 is 2.07 bits per heavy atom. The topological polar surface area (TPSA) is 59.8 Å². The molecule has 144 valence electrons. The van der Waals surface area contributed by atoms with Gasteiger partial charge in [-0.3, -0.25) is 9.48 Å². The van der Waals surface area contributed by atoms with Crippen LogP contribution >= 0.6 is 0 Å². The molecule has 1 saturated carbocycles. The average Bonchev–Trinajstić information content (AvgIpc) is 3.29. The Balaban J connectivity index is 1.50. The first kappa shape index (κ1) is 18.3. The summed E-state index contributed by atoms with van der Waals surface area (Å²) in [6.45, 7) is 2.91. The number of nitrogens with one attached hydrogen (secondary N) is 1. The van der Waals surface area contributed by atoms with Crippen LogP contribution in [0.15, 0.2) is 61.1 Å². The SMILES string of the molecule is CCn1cc(CCC2(c3ccccc3)CC2C(=O)Nc2ccc(F)cn2)cn1. The Morgan fingerprint density at radius 3 is 2.75 bits per heavy atom. The maximum absolute atomic E-state index is 13.0. The molecule has 1 aromatic carbocycles.